The van der Waals surface area contributed by atoms with Crippen molar-refractivity contribution in [2.24, 2.45) is 0 Å². The second kappa shape index (κ2) is 5.51. The lowest BCUT2D eigenvalue weighted by atomic mass is 10.0. The number of carbonyl (C=O) groups excluding carboxylic acids is 1. The van der Waals surface area contributed by atoms with Crippen LogP contribution in [0.1, 0.15) is 28.8 Å². The van der Waals surface area contributed by atoms with Gasteiger partial charge in [0.2, 0.25) is 0 Å². The number of hydrogen-bond donors (Lipinski definition) is 1. The van der Waals surface area contributed by atoms with Gasteiger partial charge in [0.1, 0.15) is 5.75 Å². The highest BCUT2D eigenvalue weighted by Gasteiger charge is 2.17. The average molecular weight is 229 g/mol. The Morgan fingerprint density at radius 3 is 3.18 bits per heavy atom. The van der Waals surface area contributed by atoms with E-state index in [1.54, 1.807) is 6.07 Å². The number of hydrogen-bond acceptors (Lipinski definition) is 3. The smallest absolute Gasteiger partial charge is 0.169 e. The minimum absolute atomic E-state index is 0.154. The number of ether oxygens (including phenoxy) is 1. The van der Waals surface area contributed by atoms with Crippen molar-refractivity contribution in [3.63, 3.8) is 0 Å². The van der Waals surface area contributed by atoms with Gasteiger partial charge < -0.3 is 10.1 Å². The number of fused-ring (bicyclic) bond motifs is 1. The van der Waals surface area contributed by atoms with Crippen molar-refractivity contribution in [3.05, 3.63) is 29.3 Å². The van der Waals surface area contributed by atoms with Crippen molar-refractivity contribution >= 4 is 5.78 Å². The van der Waals surface area contributed by atoms with Gasteiger partial charge >= 0.3 is 0 Å². The summed E-state index contributed by atoms with van der Waals surface area (Å²) in [5, 5.41) is 3.04. The molecule has 1 aromatic carbocycles. The lowest BCUT2D eigenvalue weighted by Gasteiger charge is -2.15. The van der Waals surface area contributed by atoms with Crippen molar-refractivity contribution < 1.29 is 9.53 Å². The fourth-order valence-corrected chi connectivity index (χ4v) is 1.69. The third kappa shape index (κ3) is 2.86. The summed E-state index contributed by atoms with van der Waals surface area (Å²) < 4.78 is 5.46. The quantitative estimate of drug-likeness (QED) is 0.618. The summed E-state index contributed by atoms with van der Waals surface area (Å²) >= 11 is 0. The van der Waals surface area contributed by atoms with Crippen LogP contribution in [-0.2, 0) is 0 Å². The standard InChI is InChI=1S/C14H15NO2/c1-15-8-3-2-4-11-5-6-12-13(16)7-9-17-14(12)10-11/h5-6,10,15H,3,7-9H2,1H3. The number of nitrogens with one attached hydrogen (secondary N) is 1. The van der Waals surface area contributed by atoms with Gasteiger partial charge in [0.25, 0.3) is 0 Å². The molecular formula is C14H15NO2. The van der Waals surface area contributed by atoms with Crippen molar-refractivity contribution in [2.75, 3.05) is 20.2 Å². The molecule has 1 aromatic rings. The molecule has 0 radical (unpaired) electrons. The topological polar surface area (TPSA) is 38.3 Å². The van der Waals surface area contributed by atoms with Gasteiger partial charge in [0.05, 0.1) is 12.2 Å². The molecule has 1 aliphatic rings. The normalized spacial score (nSPS) is 13.4. The zero-order chi connectivity index (χ0) is 12.1. The molecule has 0 saturated carbocycles. The van der Waals surface area contributed by atoms with Crippen LogP contribution in [0.3, 0.4) is 0 Å². The lowest BCUT2D eigenvalue weighted by Crippen LogP contribution is -2.15. The molecule has 1 aliphatic heterocycles. The predicted molar refractivity (Wildman–Crippen MR) is 66.3 cm³/mol. The highest BCUT2D eigenvalue weighted by Crippen LogP contribution is 2.25. The SMILES string of the molecule is CNCCC#Cc1ccc2c(c1)OCCC2=O. The van der Waals surface area contributed by atoms with Crippen LogP contribution in [0, 0.1) is 11.8 Å². The predicted octanol–water partition coefficient (Wildman–Crippen LogP) is 1.61. The highest BCUT2D eigenvalue weighted by atomic mass is 16.5. The van der Waals surface area contributed by atoms with Gasteiger partial charge in [-0.1, -0.05) is 11.8 Å². The maximum atomic E-state index is 11.6. The van der Waals surface area contributed by atoms with Gasteiger partial charge in [-0.05, 0) is 25.2 Å². The Hall–Kier alpha value is -1.79. The molecule has 0 amide bonds. The Morgan fingerprint density at radius 2 is 2.35 bits per heavy atom. The van der Waals surface area contributed by atoms with Crippen molar-refractivity contribution in [2.45, 2.75) is 12.8 Å². The first-order chi connectivity index (χ1) is 8.31. The number of benzene rings is 1. The molecule has 0 aliphatic carbocycles. The van der Waals surface area contributed by atoms with Gasteiger partial charge in [-0.25, -0.2) is 0 Å². The largest absolute Gasteiger partial charge is 0.492 e. The van der Waals surface area contributed by atoms with Gasteiger partial charge in [0.15, 0.2) is 5.78 Å². The van der Waals surface area contributed by atoms with Crippen LogP contribution >= 0.6 is 0 Å². The van der Waals surface area contributed by atoms with E-state index < -0.39 is 0 Å². The summed E-state index contributed by atoms with van der Waals surface area (Å²) in [6.45, 7) is 1.36. The molecule has 1 N–H and O–H groups in total. The van der Waals surface area contributed by atoms with Crippen LogP contribution in [0.15, 0.2) is 18.2 Å². The molecule has 88 valence electrons. The van der Waals surface area contributed by atoms with E-state index >= 15 is 0 Å². The summed E-state index contributed by atoms with van der Waals surface area (Å²) in [7, 11) is 1.90. The van der Waals surface area contributed by atoms with Crippen molar-refractivity contribution in [1.29, 1.82) is 0 Å². The first-order valence-corrected chi connectivity index (χ1v) is 5.75. The third-order valence-electron chi connectivity index (χ3n) is 2.60. The summed E-state index contributed by atoms with van der Waals surface area (Å²) in [4.78, 5) is 11.6. The highest BCUT2D eigenvalue weighted by molar-refractivity contribution is 5.99. The van der Waals surface area contributed by atoms with Gasteiger partial charge in [-0.2, -0.15) is 0 Å². The molecule has 1 heterocycles. The molecule has 0 saturated heterocycles. The minimum Gasteiger partial charge on any atom is -0.492 e. The first kappa shape index (κ1) is 11.7. The van der Waals surface area contributed by atoms with E-state index in [9.17, 15) is 4.79 Å². The van der Waals surface area contributed by atoms with Crippen molar-refractivity contribution in [3.8, 4) is 17.6 Å². The minimum atomic E-state index is 0.154. The average Bonchev–Trinajstić information content (AvgIpc) is 2.35. The Morgan fingerprint density at radius 1 is 1.47 bits per heavy atom. The second-order valence-corrected chi connectivity index (χ2v) is 3.89. The van der Waals surface area contributed by atoms with Crippen LogP contribution in [-0.4, -0.2) is 26.0 Å². The summed E-state index contributed by atoms with van der Waals surface area (Å²) in [6, 6.07) is 5.52. The summed E-state index contributed by atoms with van der Waals surface area (Å²) in [5.74, 6) is 6.95. The Balaban J connectivity index is 2.15. The molecule has 2 rings (SSSR count). The molecule has 3 heteroatoms. The molecule has 3 nitrogen and oxygen atoms in total. The second-order valence-electron chi connectivity index (χ2n) is 3.89. The third-order valence-corrected chi connectivity index (χ3v) is 2.60. The maximum absolute atomic E-state index is 11.6. The van der Waals surface area contributed by atoms with E-state index in [2.05, 4.69) is 17.2 Å². The molecule has 0 bridgehead atoms. The fourth-order valence-electron chi connectivity index (χ4n) is 1.69. The van der Waals surface area contributed by atoms with Gasteiger partial charge in [-0.3, -0.25) is 4.79 Å². The molecule has 0 fully saturated rings. The maximum Gasteiger partial charge on any atom is 0.169 e. The van der Waals surface area contributed by atoms with Crippen LogP contribution < -0.4 is 10.1 Å². The van der Waals surface area contributed by atoms with E-state index in [0.29, 0.717) is 24.3 Å². The van der Waals surface area contributed by atoms with Crippen LogP contribution in [0.25, 0.3) is 0 Å². The monoisotopic (exact) mass is 229 g/mol. The number of rotatable bonds is 2. The van der Waals surface area contributed by atoms with Crippen LogP contribution in [0.5, 0.6) is 5.75 Å². The molecule has 0 atom stereocenters. The zero-order valence-corrected chi connectivity index (χ0v) is 9.88. The lowest BCUT2D eigenvalue weighted by molar-refractivity contribution is 0.0933. The molecule has 0 unspecified atom stereocenters. The molecular weight excluding hydrogens is 214 g/mol. The Kier molecular flexibility index (Phi) is 3.79. The van der Waals surface area contributed by atoms with Gasteiger partial charge in [0, 0.05) is 24.9 Å². The van der Waals surface area contributed by atoms with E-state index in [1.165, 1.54) is 0 Å². The van der Waals surface area contributed by atoms with Crippen LogP contribution in [0.4, 0.5) is 0 Å². The summed E-state index contributed by atoms with van der Waals surface area (Å²) in [5.41, 5.74) is 1.58. The van der Waals surface area contributed by atoms with E-state index in [4.69, 9.17) is 4.74 Å². The van der Waals surface area contributed by atoms with Gasteiger partial charge in [-0.15, -0.1) is 0 Å². The zero-order valence-electron chi connectivity index (χ0n) is 9.88. The molecule has 0 aromatic heterocycles. The Labute approximate surface area is 101 Å². The van der Waals surface area contributed by atoms with E-state index in [-0.39, 0.29) is 5.78 Å². The fraction of sp³-hybridized carbons (Fsp3) is 0.357. The van der Waals surface area contributed by atoms with E-state index in [1.807, 2.05) is 19.2 Å². The number of carbonyl (C=O) groups is 1. The molecule has 0 spiro atoms. The first-order valence-electron chi connectivity index (χ1n) is 5.75. The van der Waals surface area contributed by atoms with Crippen LogP contribution in [0.2, 0.25) is 0 Å². The Bertz CT molecular complexity index is 483. The molecule has 17 heavy (non-hydrogen) atoms. The number of Topliss-reactive ketones (excluding diaryl/α,β-unsaturated/α-hetero) is 1. The number of ketones is 1. The van der Waals surface area contributed by atoms with Crippen molar-refractivity contribution in [1.82, 2.24) is 5.32 Å². The summed E-state index contributed by atoms with van der Waals surface area (Å²) in [6.07, 6.45) is 1.29. The van der Waals surface area contributed by atoms with E-state index in [0.717, 1.165) is 18.5 Å².